The molecule has 0 saturated carbocycles. The molecule has 0 fully saturated rings. The van der Waals surface area contributed by atoms with Gasteiger partial charge in [0, 0.05) is 35.0 Å². The van der Waals surface area contributed by atoms with Crippen LogP contribution >= 0.6 is 0 Å². The molecule has 0 heterocycles. The lowest BCUT2D eigenvalue weighted by molar-refractivity contribution is 0.382. The third-order valence-corrected chi connectivity index (χ3v) is 7.22. The smallest absolute Gasteiger partial charge is 0.247 e. The summed E-state index contributed by atoms with van der Waals surface area (Å²) < 4.78 is 45.9. The molecule has 0 bridgehead atoms. The van der Waals surface area contributed by atoms with Crippen LogP contribution in [0.5, 0.6) is 5.75 Å². The number of sulfonamides is 1. The van der Waals surface area contributed by atoms with Crippen LogP contribution in [0.25, 0.3) is 0 Å². The van der Waals surface area contributed by atoms with Crippen LogP contribution in [0.2, 0.25) is 0 Å². The van der Waals surface area contributed by atoms with E-state index < -0.39 is 20.8 Å². The van der Waals surface area contributed by atoms with Gasteiger partial charge in [0.15, 0.2) is 0 Å². The van der Waals surface area contributed by atoms with Crippen molar-refractivity contribution in [2.24, 2.45) is 0 Å². The lowest BCUT2D eigenvalue weighted by Gasteiger charge is -2.24. The van der Waals surface area contributed by atoms with E-state index in [4.69, 9.17) is 4.74 Å². The van der Waals surface area contributed by atoms with Crippen molar-refractivity contribution in [2.45, 2.75) is 22.9 Å². The van der Waals surface area contributed by atoms with Gasteiger partial charge in [-0.15, -0.1) is 0 Å². The molecule has 3 aromatic carbocycles. The van der Waals surface area contributed by atoms with Crippen molar-refractivity contribution in [1.29, 1.82) is 0 Å². The maximum Gasteiger partial charge on any atom is 0.247 e. The molecule has 0 aromatic heterocycles. The number of benzene rings is 3. The Balaban J connectivity index is 2.08. The highest BCUT2D eigenvalue weighted by atomic mass is 32.2. The number of nitrogens with zero attached hydrogens (tertiary/aromatic N) is 1. The number of hydrogen-bond donors (Lipinski definition) is 0. The molecule has 0 amide bonds. The van der Waals surface area contributed by atoms with Gasteiger partial charge in [0.1, 0.15) is 10.6 Å². The van der Waals surface area contributed by atoms with Gasteiger partial charge >= 0.3 is 0 Å². The lowest BCUT2D eigenvalue weighted by atomic mass is 10.2. The number of hydrogen-bond acceptors (Lipinski definition) is 4. The second-order valence-corrected chi connectivity index (χ2v) is 9.80. The highest BCUT2D eigenvalue weighted by Gasteiger charge is 2.29. The van der Waals surface area contributed by atoms with Gasteiger partial charge in [0.2, 0.25) is 10.0 Å². The minimum atomic E-state index is -3.92. The molecule has 3 aromatic rings. The Bertz CT molecular complexity index is 1040. The van der Waals surface area contributed by atoms with Crippen molar-refractivity contribution in [3.8, 4) is 5.75 Å². The average molecular weight is 430 g/mol. The van der Waals surface area contributed by atoms with E-state index in [0.29, 0.717) is 4.90 Å². The quantitative estimate of drug-likeness (QED) is 0.546. The minimum absolute atomic E-state index is 0.0135. The van der Waals surface area contributed by atoms with Gasteiger partial charge in [-0.3, -0.25) is 4.21 Å². The van der Waals surface area contributed by atoms with Crippen LogP contribution in [0.1, 0.15) is 11.1 Å². The zero-order valence-corrected chi connectivity index (χ0v) is 17.9. The summed E-state index contributed by atoms with van der Waals surface area (Å²) in [4.78, 5) is 0.448. The van der Waals surface area contributed by atoms with Gasteiger partial charge in [-0.25, -0.2) is 8.42 Å². The topological polar surface area (TPSA) is 63.7 Å². The van der Waals surface area contributed by atoms with E-state index in [1.54, 1.807) is 12.1 Å². The Hall–Kier alpha value is -2.48. The molecule has 0 radical (unpaired) electrons. The monoisotopic (exact) mass is 429 g/mol. The summed E-state index contributed by atoms with van der Waals surface area (Å²) in [5.74, 6) is 0.227. The van der Waals surface area contributed by atoms with E-state index in [0.717, 1.165) is 11.1 Å². The van der Waals surface area contributed by atoms with Crippen LogP contribution < -0.4 is 4.74 Å². The average Bonchev–Trinajstić information content (AvgIpc) is 2.74. The van der Waals surface area contributed by atoms with Crippen molar-refractivity contribution in [3.63, 3.8) is 0 Å². The second kappa shape index (κ2) is 9.35. The maximum atomic E-state index is 13.6. The maximum absolute atomic E-state index is 13.6. The molecule has 0 aliphatic rings. The van der Waals surface area contributed by atoms with E-state index in [2.05, 4.69) is 0 Å². The Labute approximate surface area is 174 Å². The minimum Gasteiger partial charge on any atom is -0.495 e. The van der Waals surface area contributed by atoms with E-state index in [-0.39, 0.29) is 23.7 Å². The summed E-state index contributed by atoms with van der Waals surface area (Å²) in [6, 6.07) is 23.5. The van der Waals surface area contributed by atoms with Gasteiger partial charge in [-0.05, 0) is 29.3 Å². The predicted molar refractivity (Wildman–Crippen MR) is 115 cm³/mol. The Kier molecular flexibility index (Phi) is 6.84. The number of methoxy groups -OCH3 is 1. The first-order chi connectivity index (χ1) is 13.9. The van der Waals surface area contributed by atoms with Crippen molar-refractivity contribution >= 4 is 20.8 Å². The van der Waals surface area contributed by atoms with E-state index in [1.807, 2.05) is 60.7 Å². The van der Waals surface area contributed by atoms with Crippen molar-refractivity contribution in [1.82, 2.24) is 4.31 Å². The fourth-order valence-electron chi connectivity index (χ4n) is 2.98. The van der Waals surface area contributed by atoms with Crippen LogP contribution in [-0.2, 0) is 33.9 Å². The molecular formula is C22H23NO4S2. The normalized spacial score (nSPS) is 12.7. The van der Waals surface area contributed by atoms with Crippen LogP contribution in [-0.4, -0.2) is 30.3 Å². The molecule has 0 aliphatic heterocycles. The number of ether oxygens (including phenoxy) is 1. The SMILES string of the molecule is COc1ccc(S(C)=O)cc1S(=O)(=O)N(Cc1ccccc1)Cc1ccccc1. The van der Waals surface area contributed by atoms with Crippen molar-refractivity contribution in [3.05, 3.63) is 90.0 Å². The zero-order valence-electron chi connectivity index (χ0n) is 16.3. The zero-order chi connectivity index (χ0) is 20.9. The Morgan fingerprint density at radius 3 is 1.83 bits per heavy atom. The summed E-state index contributed by atoms with van der Waals surface area (Å²) in [6.07, 6.45) is 1.52. The van der Waals surface area contributed by atoms with Gasteiger partial charge in [0.25, 0.3) is 0 Å². The molecule has 0 N–H and O–H groups in total. The van der Waals surface area contributed by atoms with E-state index in [1.165, 1.54) is 23.7 Å². The van der Waals surface area contributed by atoms with Crippen LogP contribution in [0, 0.1) is 0 Å². The first-order valence-corrected chi connectivity index (χ1v) is 12.0. The molecule has 0 saturated heterocycles. The molecule has 1 unspecified atom stereocenters. The predicted octanol–water partition coefficient (Wildman–Crippen LogP) is 3.82. The molecule has 7 heteroatoms. The van der Waals surface area contributed by atoms with Gasteiger partial charge in [-0.1, -0.05) is 60.7 Å². The third-order valence-electron chi connectivity index (χ3n) is 4.49. The highest BCUT2D eigenvalue weighted by Crippen LogP contribution is 2.30. The van der Waals surface area contributed by atoms with Crippen molar-refractivity contribution in [2.75, 3.05) is 13.4 Å². The first-order valence-electron chi connectivity index (χ1n) is 9.01. The van der Waals surface area contributed by atoms with Gasteiger partial charge in [0.05, 0.1) is 7.11 Å². The summed E-state index contributed by atoms with van der Waals surface area (Å²) in [5, 5.41) is 0. The molecular weight excluding hydrogens is 406 g/mol. The highest BCUT2D eigenvalue weighted by molar-refractivity contribution is 7.89. The second-order valence-electron chi connectivity index (χ2n) is 6.51. The number of rotatable bonds is 8. The molecule has 152 valence electrons. The largest absolute Gasteiger partial charge is 0.495 e. The Morgan fingerprint density at radius 2 is 1.38 bits per heavy atom. The molecule has 1 atom stereocenters. The van der Waals surface area contributed by atoms with Crippen molar-refractivity contribution < 1.29 is 17.4 Å². The van der Waals surface area contributed by atoms with Crippen LogP contribution in [0.3, 0.4) is 0 Å². The Morgan fingerprint density at radius 1 is 0.862 bits per heavy atom. The molecule has 0 spiro atoms. The van der Waals surface area contributed by atoms with Crippen LogP contribution in [0.4, 0.5) is 0 Å². The molecule has 0 aliphatic carbocycles. The molecule has 29 heavy (non-hydrogen) atoms. The molecule has 5 nitrogen and oxygen atoms in total. The first kappa shape index (κ1) is 21.2. The summed E-state index contributed by atoms with van der Waals surface area (Å²) in [5.41, 5.74) is 1.75. The summed E-state index contributed by atoms with van der Waals surface area (Å²) in [7, 11) is -3.81. The summed E-state index contributed by atoms with van der Waals surface area (Å²) in [6.45, 7) is 0.418. The fraction of sp³-hybridized carbons (Fsp3) is 0.182. The standard InChI is InChI=1S/C22H23NO4S2/c1-27-21-14-13-20(28(2)24)15-22(21)29(25,26)23(16-18-9-5-3-6-10-18)17-19-11-7-4-8-12-19/h3-15H,16-17H2,1-2H3. The van der Waals surface area contributed by atoms with E-state index >= 15 is 0 Å². The fourth-order valence-corrected chi connectivity index (χ4v) is 5.19. The van der Waals surface area contributed by atoms with Gasteiger partial charge in [-0.2, -0.15) is 4.31 Å². The van der Waals surface area contributed by atoms with Gasteiger partial charge < -0.3 is 4.74 Å². The van der Waals surface area contributed by atoms with E-state index in [9.17, 15) is 12.6 Å². The molecule has 3 rings (SSSR count). The third kappa shape index (κ3) is 5.12. The van der Waals surface area contributed by atoms with Crippen LogP contribution in [0.15, 0.2) is 88.7 Å². The lowest BCUT2D eigenvalue weighted by Crippen LogP contribution is -2.30. The summed E-state index contributed by atoms with van der Waals surface area (Å²) >= 11 is 0.